The first-order valence-corrected chi connectivity index (χ1v) is 11.4. The van der Waals surface area contributed by atoms with Crippen molar-refractivity contribution in [1.82, 2.24) is 4.98 Å². The van der Waals surface area contributed by atoms with E-state index in [0.717, 1.165) is 33.4 Å². The summed E-state index contributed by atoms with van der Waals surface area (Å²) in [7, 11) is 1.63. The molecule has 1 N–H and O–H groups in total. The average molecular weight is 449 g/mol. The zero-order valence-corrected chi connectivity index (χ0v) is 18.4. The Labute approximate surface area is 189 Å². The molecule has 0 aliphatic heterocycles. The van der Waals surface area contributed by atoms with Gasteiger partial charge in [0, 0.05) is 15.8 Å². The van der Waals surface area contributed by atoms with Crippen molar-refractivity contribution >= 4 is 34.1 Å². The van der Waals surface area contributed by atoms with Gasteiger partial charge >= 0.3 is 0 Å². The van der Waals surface area contributed by atoms with E-state index in [2.05, 4.69) is 10.3 Å². The fraction of sp³-hybridized carbons (Fsp3) is 0.0833. The minimum absolute atomic E-state index is 0.0895. The number of ether oxygens (including phenoxy) is 2. The van der Waals surface area contributed by atoms with Crippen LogP contribution in [-0.2, 0) is 4.79 Å². The van der Waals surface area contributed by atoms with Crippen LogP contribution in [0.15, 0.2) is 89.1 Å². The maximum absolute atomic E-state index is 12.3. The quantitative estimate of drug-likeness (QED) is 0.319. The lowest BCUT2D eigenvalue weighted by molar-refractivity contribution is -0.113. The maximum atomic E-state index is 12.3. The van der Waals surface area contributed by atoms with Crippen molar-refractivity contribution in [2.75, 3.05) is 18.2 Å². The molecule has 0 fully saturated rings. The van der Waals surface area contributed by atoms with Gasteiger partial charge in [0.25, 0.3) is 0 Å². The molecule has 0 saturated carbocycles. The van der Waals surface area contributed by atoms with Crippen LogP contribution in [0, 0.1) is 0 Å². The first kappa shape index (κ1) is 21.0. The van der Waals surface area contributed by atoms with Crippen molar-refractivity contribution in [3.8, 4) is 28.5 Å². The molecule has 0 saturated heterocycles. The normalized spacial score (nSPS) is 10.5. The number of nitrogens with one attached hydrogen (secondary N) is 1. The number of carbonyl (C=O) groups excluding carboxylic acids is 1. The number of carbonyl (C=O) groups is 1. The molecule has 156 valence electrons. The molecule has 31 heavy (non-hydrogen) atoms. The minimum Gasteiger partial charge on any atom is -0.497 e. The molecule has 0 aliphatic rings. The van der Waals surface area contributed by atoms with Gasteiger partial charge in [0.2, 0.25) is 5.91 Å². The highest BCUT2D eigenvalue weighted by Gasteiger charge is 2.09. The molecule has 3 aromatic carbocycles. The highest BCUT2D eigenvalue weighted by Crippen LogP contribution is 2.28. The Kier molecular flexibility index (Phi) is 6.86. The molecule has 1 amide bonds. The molecule has 5 nitrogen and oxygen atoms in total. The fourth-order valence-corrected chi connectivity index (χ4v) is 4.19. The number of thiazole rings is 1. The number of hydrogen-bond acceptors (Lipinski definition) is 6. The van der Waals surface area contributed by atoms with Gasteiger partial charge in [-0.1, -0.05) is 18.2 Å². The summed E-state index contributed by atoms with van der Waals surface area (Å²) in [6, 6.07) is 25.0. The van der Waals surface area contributed by atoms with E-state index in [0.29, 0.717) is 10.9 Å². The number of aromatic nitrogens is 1. The summed E-state index contributed by atoms with van der Waals surface area (Å²) in [6.07, 6.45) is 0. The van der Waals surface area contributed by atoms with Gasteiger partial charge in [0.05, 0.1) is 18.6 Å². The summed E-state index contributed by atoms with van der Waals surface area (Å²) in [4.78, 5) is 17.8. The summed E-state index contributed by atoms with van der Waals surface area (Å²) >= 11 is 2.87. The number of rotatable bonds is 8. The third-order valence-corrected chi connectivity index (χ3v) is 6.08. The number of anilines is 1. The van der Waals surface area contributed by atoms with Gasteiger partial charge in [-0.3, -0.25) is 4.79 Å². The highest BCUT2D eigenvalue weighted by molar-refractivity contribution is 8.00. The number of para-hydroxylation sites is 1. The van der Waals surface area contributed by atoms with Gasteiger partial charge in [-0.2, -0.15) is 0 Å². The van der Waals surface area contributed by atoms with E-state index in [1.54, 1.807) is 7.11 Å². The molecule has 0 bridgehead atoms. The molecule has 4 rings (SSSR count). The zero-order valence-electron chi connectivity index (χ0n) is 16.8. The molecular formula is C24H20N2O3S2. The molecule has 0 unspecified atom stereocenters. The lowest BCUT2D eigenvalue weighted by atomic mass is 10.2. The van der Waals surface area contributed by atoms with Crippen LogP contribution in [0.5, 0.6) is 17.2 Å². The van der Waals surface area contributed by atoms with Gasteiger partial charge in [0.15, 0.2) is 5.13 Å². The standard InChI is InChI=1S/C24H20N2O3S2/c1-28-18-11-13-21(14-12-18)30-16-23(27)26-24-25-22(15-31-24)17-7-9-20(10-8-17)29-19-5-3-2-4-6-19/h2-15H,16H2,1H3,(H,25,26,27). The van der Waals surface area contributed by atoms with E-state index >= 15 is 0 Å². The average Bonchev–Trinajstić information content (AvgIpc) is 3.27. The molecule has 0 radical (unpaired) electrons. The van der Waals surface area contributed by atoms with Crippen molar-refractivity contribution in [3.63, 3.8) is 0 Å². The van der Waals surface area contributed by atoms with Crippen molar-refractivity contribution < 1.29 is 14.3 Å². The Bertz CT molecular complexity index is 1130. The van der Waals surface area contributed by atoms with E-state index in [4.69, 9.17) is 9.47 Å². The first-order chi connectivity index (χ1) is 15.2. The largest absolute Gasteiger partial charge is 0.497 e. The van der Waals surface area contributed by atoms with Crippen molar-refractivity contribution in [1.29, 1.82) is 0 Å². The topological polar surface area (TPSA) is 60.5 Å². The van der Waals surface area contributed by atoms with Crippen LogP contribution in [0.4, 0.5) is 5.13 Å². The number of nitrogens with zero attached hydrogens (tertiary/aromatic N) is 1. The van der Waals surface area contributed by atoms with Crippen LogP contribution in [0.25, 0.3) is 11.3 Å². The van der Waals surface area contributed by atoms with Crippen molar-refractivity contribution in [2.24, 2.45) is 0 Å². The molecule has 1 heterocycles. The predicted octanol–water partition coefficient (Wildman–Crippen LogP) is 6.34. The summed E-state index contributed by atoms with van der Waals surface area (Å²) < 4.78 is 11.0. The van der Waals surface area contributed by atoms with Gasteiger partial charge < -0.3 is 14.8 Å². The van der Waals surface area contributed by atoms with Gasteiger partial charge in [-0.05, 0) is 60.7 Å². The Hall–Kier alpha value is -3.29. The van der Waals surface area contributed by atoms with Crippen molar-refractivity contribution in [2.45, 2.75) is 4.90 Å². The summed E-state index contributed by atoms with van der Waals surface area (Å²) in [5, 5.41) is 5.38. The van der Waals surface area contributed by atoms with E-state index in [9.17, 15) is 4.79 Å². The zero-order chi connectivity index (χ0) is 21.5. The molecule has 4 aromatic rings. The van der Waals surface area contributed by atoms with Gasteiger partial charge in [-0.15, -0.1) is 23.1 Å². The van der Waals surface area contributed by atoms with Crippen LogP contribution in [0.2, 0.25) is 0 Å². The second-order valence-electron chi connectivity index (χ2n) is 6.49. The SMILES string of the molecule is COc1ccc(SCC(=O)Nc2nc(-c3ccc(Oc4ccccc4)cc3)cs2)cc1. The van der Waals surface area contributed by atoms with E-state index in [-0.39, 0.29) is 5.91 Å². The summed E-state index contributed by atoms with van der Waals surface area (Å²) in [5.74, 6) is 2.57. The fourth-order valence-electron chi connectivity index (χ4n) is 2.76. The van der Waals surface area contributed by atoms with E-state index < -0.39 is 0 Å². The number of thioether (sulfide) groups is 1. The predicted molar refractivity (Wildman–Crippen MR) is 126 cm³/mol. The third kappa shape index (κ3) is 5.87. The molecule has 0 aliphatic carbocycles. The van der Waals surface area contributed by atoms with E-state index in [1.807, 2.05) is 84.2 Å². The van der Waals surface area contributed by atoms with Crippen LogP contribution in [0.3, 0.4) is 0 Å². The maximum Gasteiger partial charge on any atom is 0.236 e. The van der Waals surface area contributed by atoms with E-state index in [1.165, 1.54) is 23.1 Å². The van der Waals surface area contributed by atoms with Crippen LogP contribution >= 0.6 is 23.1 Å². The van der Waals surface area contributed by atoms with Crippen LogP contribution < -0.4 is 14.8 Å². The highest BCUT2D eigenvalue weighted by atomic mass is 32.2. The van der Waals surface area contributed by atoms with Gasteiger partial charge in [-0.25, -0.2) is 4.98 Å². The number of benzene rings is 3. The number of amides is 1. The smallest absolute Gasteiger partial charge is 0.236 e. The Morgan fingerprint density at radius 2 is 1.61 bits per heavy atom. The molecule has 1 aromatic heterocycles. The third-order valence-electron chi connectivity index (χ3n) is 4.31. The Balaban J connectivity index is 1.31. The second-order valence-corrected chi connectivity index (χ2v) is 8.40. The number of methoxy groups -OCH3 is 1. The molecule has 7 heteroatoms. The Morgan fingerprint density at radius 3 is 2.32 bits per heavy atom. The van der Waals surface area contributed by atoms with Crippen LogP contribution in [-0.4, -0.2) is 23.8 Å². The molecule has 0 spiro atoms. The van der Waals surface area contributed by atoms with Crippen LogP contribution in [0.1, 0.15) is 0 Å². The number of hydrogen-bond donors (Lipinski definition) is 1. The Morgan fingerprint density at radius 1 is 0.935 bits per heavy atom. The monoisotopic (exact) mass is 448 g/mol. The second kappa shape index (κ2) is 10.1. The lowest BCUT2D eigenvalue weighted by Gasteiger charge is -2.06. The molecular weight excluding hydrogens is 428 g/mol. The summed E-state index contributed by atoms with van der Waals surface area (Å²) in [6.45, 7) is 0. The minimum atomic E-state index is -0.0895. The lowest BCUT2D eigenvalue weighted by Crippen LogP contribution is -2.13. The van der Waals surface area contributed by atoms with Gasteiger partial charge in [0.1, 0.15) is 17.2 Å². The van der Waals surface area contributed by atoms with Crippen molar-refractivity contribution in [3.05, 3.63) is 84.2 Å². The summed E-state index contributed by atoms with van der Waals surface area (Å²) in [5.41, 5.74) is 1.78. The molecule has 0 atom stereocenters. The first-order valence-electron chi connectivity index (χ1n) is 9.55.